The molecule has 0 aliphatic carbocycles. The third-order valence-electron chi connectivity index (χ3n) is 3.78. The van der Waals surface area contributed by atoms with Crippen molar-refractivity contribution >= 4 is 11.4 Å². The van der Waals surface area contributed by atoms with Crippen molar-refractivity contribution in [2.75, 3.05) is 33.5 Å². The fourth-order valence-electron chi connectivity index (χ4n) is 2.61. The van der Waals surface area contributed by atoms with E-state index in [0.717, 1.165) is 11.9 Å². The van der Waals surface area contributed by atoms with Gasteiger partial charge in [0.05, 0.1) is 25.6 Å². The maximum absolute atomic E-state index is 12.7. The van der Waals surface area contributed by atoms with E-state index in [0.29, 0.717) is 32.1 Å². The van der Waals surface area contributed by atoms with Gasteiger partial charge in [-0.3, -0.25) is 4.79 Å². The van der Waals surface area contributed by atoms with Crippen LogP contribution in [-0.4, -0.2) is 59.7 Å². The Kier molecular flexibility index (Phi) is 4.17. The van der Waals surface area contributed by atoms with Crippen molar-refractivity contribution in [2.24, 2.45) is 0 Å². The van der Waals surface area contributed by atoms with Crippen molar-refractivity contribution < 1.29 is 14.3 Å². The molecule has 6 heteroatoms. The Hall–Kier alpha value is -1.92. The molecule has 6 nitrogen and oxygen atoms in total. The second-order valence-electron chi connectivity index (χ2n) is 5.12. The van der Waals surface area contributed by atoms with Crippen molar-refractivity contribution in [3.05, 3.63) is 36.4 Å². The second kappa shape index (κ2) is 6.24. The number of hydrogen-bond acceptors (Lipinski definition) is 4. The van der Waals surface area contributed by atoms with Crippen molar-refractivity contribution in [3.63, 3.8) is 0 Å². The van der Waals surface area contributed by atoms with Crippen LogP contribution >= 0.6 is 0 Å². The van der Waals surface area contributed by atoms with E-state index in [1.165, 1.54) is 0 Å². The zero-order chi connectivity index (χ0) is 14.7. The maximum atomic E-state index is 12.7. The number of nitrogens with zero attached hydrogens (tertiary/aromatic N) is 3. The van der Waals surface area contributed by atoms with Crippen LogP contribution in [0.3, 0.4) is 0 Å². The van der Waals surface area contributed by atoms with E-state index < -0.39 is 0 Å². The molecule has 1 unspecified atom stereocenters. The average molecular weight is 289 g/mol. The van der Waals surface area contributed by atoms with Crippen LogP contribution < -0.4 is 0 Å². The van der Waals surface area contributed by atoms with Crippen molar-refractivity contribution in [2.45, 2.75) is 12.5 Å². The SMILES string of the molecule is COCCN(C(=O)c1cc2cccn2cn1)C1CCOC1. The Morgan fingerprint density at radius 3 is 3.29 bits per heavy atom. The van der Waals surface area contributed by atoms with Gasteiger partial charge in [0, 0.05) is 32.0 Å². The minimum Gasteiger partial charge on any atom is -0.383 e. The van der Waals surface area contributed by atoms with Gasteiger partial charge in [0.15, 0.2) is 0 Å². The Morgan fingerprint density at radius 1 is 1.62 bits per heavy atom. The smallest absolute Gasteiger partial charge is 0.273 e. The zero-order valence-electron chi connectivity index (χ0n) is 12.1. The Balaban J connectivity index is 1.84. The van der Waals surface area contributed by atoms with Gasteiger partial charge in [0.1, 0.15) is 5.69 Å². The first-order valence-electron chi connectivity index (χ1n) is 7.10. The molecular formula is C15H19N3O3. The van der Waals surface area contributed by atoms with E-state index >= 15 is 0 Å². The third kappa shape index (κ3) is 2.91. The molecule has 1 amide bonds. The highest BCUT2D eigenvalue weighted by molar-refractivity contribution is 5.93. The molecule has 0 bridgehead atoms. The number of methoxy groups -OCH3 is 1. The van der Waals surface area contributed by atoms with Crippen LogP contribution in [0.5, 0.6) is 0 Å². The summed E-state index contributed by atoms with van der Waals surface area (Å²) in [5.74, 6) is -0.0637. The molecule has 3 heterocycles. The number of carbonyl (C=O) groups is 1. The lowest BCUT2D eigenvalue weighted by molar-refractivity contribution is 0.0570. The molecule has 1 aliphatic heterocycles. The van der Waals surface area contributed by atoms with Crippen LogP contribution in [0.4, 0.5) is 0 Å². The molecule has 21 heavy (non-hydrogen) atoms. The predicted octanol–water partition coefficient (Wildman–Crippen LogP) is 1.21. The highest BCUT2D eigenvalue weighted by Gasteiger charge is 2.28. The highest BCUT2D eigenvalue weighted by Crippen LogP contribution is 2.16. The third-order valence-corrected chi connectivity index (χ3v) is 3.78. The summed E-state index contributed by atoms with van der Waals surface area (Å²) in [6.07, 6.45) is 4.44. The standard InChI is InChI=1S/C15H19N3O3/c1-20-8-6-18(13-4-7-21-10-13)15(19)14-9-12-3-2-5-17(12)11-16-14/h2-3,5,9,11,13H,4,6-8,10H2,1H3. The average Bonchev–Trinajstić information content (AvgIpc) is 3.18. The van der Waals surface area contributed by atoms with Crippen molar-refractivity contribution in [1.82, 2.24) is 14.3 Å². The summed E-state index contributed by atoms with van der Waals surface area (Å²) in [6.45, 7) is 2.35. The van der Waals surface area contributed by atoms with E-state index in [1.54, 1.807) is 13.4 Å². The Morgan fingerprint density at radius 2 is 2.52 bits per heavy atom. The summed E-state index contributed by atoms with van der Waals surface area (Å²) in [5, 5.41) is 0. The minimum atomic E-state index is -0.0637. The number of aromatic nitrogens is 2. The van der Waals surface area contributed by atoms with Gasteiger partial charge in [-0.1, -0.05) is 0 Å². The van der Waals surface area contributed by atoms with Crippen LogP contribution in [0.2, 0.25) is 0 Å². The largest absolute Gasteiger partial charge is 0.383 e. The molecule has 2 aromatic heterocycles. The number of amides is 1. The summed E-state index contributed by atoms with van der Waals surface area (Å²) >= 11 is 0. The molecular weight excluding hydrogens is 270 g/mol. The second-order valence-corrected chi connectivity index (χ2v) is 5.12. The Bertz CT molecular complexity index is 619. The van der Waals surface area contributed by atoms with Gasteiger partial charge in [-0.05, 0) is 24.6 Å². The molecule has 1 aliphatic rings. The van der Waals surface area contributed by atoms with Crippen LogP contribution in [0.25, 0.3) is 5.52 Å². The van der Waals surface area contributed by atoms with Crippen LogP contribution in [-0.2, 0) is 9.47 Å². The van der Waals surface area contributed by atoms with Crippen LogP contribution in [0.15, 0.2) is 30.7 Å². The lowest BCUT2D eigenvalue weighted by Gasteiger charge is -2.27. The first kappa shape index (κ1) is 14.0. The lowest BCUT2D eigenvalue weighted by Crippen LogP contribution is -2.43. The molecule has 3 rings (SSSR count). The molecule has 1 fully saturated rings. The molecule has 0 radical (unpaired) electrons. The number of hydrogen-bond donors (Lipinski definition) is 0. The summed E-state index contributed by atoms with van der Waals surface area (Å²) in [7, 11) is 1.64. The molecule has 1 atom stereocenters. The number of rotatable bonds is 5. The summed E-state index contributed by atoms with van der Waals surface area (Å²) < 4.78 is 12.4. The van der Waals surface area contributed by atoms with Crippen molar-refractivity contribution in [3.8, 4) is 0 Å². The van der Waals surface area contributed by atoms with Gasteiger partial charge in [-0.25, -0.2) is 4.98 Å². The monoisotopic (exact) mass is 289 g/mol. The van der Waals surface area contributed by atoms with Gasteiger partial charge in [0.2, 0.25) is 0 Å². The predicted molar refractivity (Wildman–Crippen MR) is 77.3 cm³/mol. The molecule has 112 valence electrons. The zero-order valence-corrected chi connectivity index (χ0v) is 12.1. The van der Waals surface area contributed by atoms with E-state index in [-0.39, 0.29) is 11.9 Å². The van der Waals surface area contributed by atoms with E-state index in [1.807, 2.05) is 33.7 Å². The number of fused-ring (bicyclic) bond motifs is 1. The fraction of sp³-hybridized carbons (Fsp3) is 0.467. The first-order valence-corrected chi connectivity index (χ1v) is 7.10. The fourth-order valence-corrected chi connectivity index (χ4v) is 2.61. The molecule has 0 aromatic carbocycles. The summed E-state index contributed by atoms with van der Waals surface area (Å²) in [4.78, 5) is 18.8. The summed E-state index contributed by atoms with van der Waals surface area (Å²) in [6, 6.07) is 5.81. The lowest BCUT2D eigenvalue weighted by atomic mass is 10.2. The number of ether oxygens (including phenoxy) is 2. The molecule has 1 saturated heterocycles. The van der Waals surface area contributed by atoms with Gasteiger partial charge in [0.25, 0.3) is 5.91 Å². The van der Waals surface area contributed by atoms with Gasteiger partial charge in [-0.15, -0.1) is 0 Å². The highest BCUT2D eigenvalue weighted by atomic mass is 16.5. The molecule has 0 N–H and O–H groups in total. The van der Waals surface area contributed by atoms with Gasteiger partial charge in [-0.2, -0.15) is 0 Å². The quantitative estimate of drug-likeness (QED) is 0.830. The maximum Gasteiger partial charge on any atom is 0.273 e. The number of carbonyl (C=O) groups excluding carboxylic acids is 1. The molecule has 0 spiro atoms. The molecule has 0 saturated carbocycles. The Labute approximate surface area is 123 Å². The van der Waals surface area contributed by atoms with Crippen molar-refractivity contribution in [1.29, 1.82) is 0 Å². The topological polar surface area (TPSA) is 56.1 Å². The first-order chi connectivity index (χ1) is 10.3. The summed E-state index contributed by atoms with van der Waals surface area (Å²) in [5.41, 5.74) is 1.42. The normalized spacial score (nSPS) is 18.2. The van der Waals surface area contributed by atoms with Gasteiger partial charge < -0.3 is 18.8 Å². The van der Waals surface area contributed by atoms with E-state index in [4.69, 9.17) is 9.47 Å². The van der Waals surface area contributed by atoms with Crippen LogP contribution in [0, 0.1) is 0 Å². The van der Waals surface area contributed by atoms with Gasteiger partial charge >= 0.3 is 0 Å². The molecule has 2 aromatic rings. The van der Waals surface area contributed by atoms with E-state index in [9.17, 15) is 4.79 Å². The van der Waals surface area contributed by atoms with Crippen LogP contribution in [0.1, 0.15) is 16.9 Å². The minimum absolute atomic E-state index is 0.0637. The van der Waals surface area contributed by atoms with E-state index in [2.05, 4.69) is 4.98 Å².